The summed E-state index contributed by atoms with van der Waals surface area (Å²) in [6.45, 7) is 5.14. The van der Waals surface area contributed by atoms with E-state index in [1.807, 2.05) is 18.2 Å². The van der Waals surface area contributed by atoms with E-state index in [9.17, 15) is 43.6 Å². The molecule has 0 saturated carbocycles. The number of thiazole rings is 1. The van der Waals surface area contributed by atoms with Crippen LogP contribution in [-0.4, -0.2) is 83.2 Å². The number of rotatable bonds is 16. The van der Waals surface area contributed by atoms with Gasteiger partial charge in [-0.05, 0) is 42.5 Å². The van der Waals surface area contributed by atoms with Crippen LogP contribution in [0.15, 0.2) is 104 Å². The van der Waals surface area contributed by atoms with Crippen molar-refractivity contribution in [2.24, 2.45) is 5.41 Å². The van der Waals surface area contributed by atoms with Gasteiger partial charge in [0.1, 0.15) is 29.9 Å². The van der Waals surface area contributed by atoms with E-state index in [1.165, 1.54) is 88.2 Å². The molecule has 0 aliphatic heterocycles. The molecule has 74 heavy (non-hydrogen) atoms. The summed E-state index contributed by atoms with van der Waals surface area (Å²) in [6.07, 6.45) is 3.99. The first-order valence-electron chi connectivity index (χ1n) is 21.6. The Bertz CT molecular complexity index is 3590. The van der Waals surface area contributed by atoms with Gasteiger partial charge in [-0.25, -0.2) is 9.78 Å². The Labute approximate surface area is 441 Å². The normalized spacial score (nSPS) is 11.0. The average molecular weight is 1100 g/mol. The Morgan fingerprint density at radius 2 is 1.46 bits per heavy atom. The van der Waals surface area contributed by atoms with Crippen LogP contribution in [0.5, 0.6) is 0 Å². The van der Waals surface area contributed by atoms with E-state index in [4.69, 9.17) is 27.6 Å². The minimum atomic E-state index is -1.25. The first-order valence-corrected chi connectivity index (χ1v) is 24.9. The summed E-state index contributed by atoms with van der Waals surface area (Å²) in [6, 6.07) is 17.6. The number of esters is 2. The van der Waals surface area contributed by atoms with Crippen molar-refractivity contribution in [2.45, 2.75) is 47.0 Å². The third-order valence-electron chi connectivity index (χ3n) is 10.4. The van der Waals surface area contributed by atoms with Crippen molar-refractivity contribution in [1.29, 1.82) is 5.26 Å². The van der Waals surface area contributed by atoms with Gasteiger partial charge in [0.25, 0.3) is 28.7 Å². The summed E-state index contributed by atoms with van der Waals surface area (Å²) in [5, 5.41) is 26.4. The first kappa shape index (κ1) is 53.7. The lowest BCUT2D eigenvalue weighted by molar-refractivity contribution is -0.141. The van der Waals surface area contributed by atoms with Gasteiger partial charge in [0.2, 0.25) is 5.78 Å². The molecule has 8 aromatic heterocycles. The number of carbonyl (C=O) groups excluding carboxylic acids is 6. The van der Waals surface area contributed by atoms with E-state index in [0.29, 0.717) is 33.4 Å². The van der Waals surface area contributed by atoms with Gasteiger partial charge < -0.3 is 33.7 Å². The van der Waals surface area contributed by atoms with Crippen molar-refractivity contribution in [2.75, 3.05) is 24.9 Å². The third kappa shape index (κ3) is 12.6. The van der Waals surface area contributed by atoms with Crippen molar-refractivity contribution >= 4 is 104 Å². The zero-order valence-corrected chi connectivity index (χ0v) is 43.5. The van der Waals surface area contributed by atoms with Gasteiger partial charge in [0.05, 0.1) is 76.8 Å². The number of hydrogen-bond acceptors (Lipinski definition) is 20. The van der Waals surface area contributed by atoms with Gasteiger partial charge in [-0.15, -0.1) is 34.0 Å². The molecule has 0 amide bonds. The van der Waals surface area contributed by atoms with Crippen LogP contribution >= 0.6 is 57.2 Å². The minimum Gasteiger partial charge on any atom is -0.468 e. The highest BCUT2D eigenvalue weighted by atomic mass is 35.5. The van der Waals surface area contributed by atoms with Gasteiger partial charge >= 0.3 is 11.9 Å². The number of nitrogens with one attached hydrogen (secondary N) is 2. The maximum Gasteiger partial charge on any atom is 0.379 e. The summed E-state index contributed by atoms with van der Waals surface area (Å²) in [5.74, 6) is -3.67. The van der Waals surface area contributed by atoms with Crippen LogP contribution in [0, 0.1) is 16.7 Å². The topological polar surface area (TPSA) is 274 Å². The lowest BCUT2D eigenvalue weighted by Gasteiger charge is -2.18. The van der Waals surface area contributed by atoms with Crippen LogP contribution in [0.3, 0.4) is 0 Å². The van der Waals surface area contributed by atoms with Crippen molar-refractivity contribution in [3.8, 4) is 28.6 Å². The first-order chi connectivity index (χ1) is 35.3. The number of Topliss-reactive ketones (excluding diaryl/α,β-unsaturated/α-hetero) is 2. The molecule has 0 atom stereocenters. The van der Waals surface area contributed by atoms with Gasteiger partial charge in [-0.1, -0.05) is 44.0 Å². The largest absolute Gasteiger partial charge is 0.468 e. The number of ether oxygens (including phenoxy) is 2. The quantitative estimate of drug-likeness (QED) is 0.0531. The summed E-state index contributed by atoms with van der Waals surface area (Å²) in [4.78, 5) is 107. The van der Waals surface area contributed by atoms with Gasteiger partial charge in [0.15, 0.2) is 5.76 Å². The Kier molecular flexibility index (Phi) is 16.8. The van der Waals surface area contributed by atoms with Gasteiger partial charge in [-0.3, -0.25) is 33.6 Å². The molecule has 0 unspecified atom stereocenters. The van der Waals surface area contributed by atoms with E-state index >= 15 is 0 Å². The molecular weight excluding hydrogens is 1060 g/mol. The average Bonchev–Trinajstić information content (AvgIpc) is 4.25. The predicted octanol–water partition coefficient (Wildman–Crippen LogP) is 7.79. The second-order valence-electron chi connectivity index (χ2n) is 16.6. The maximum absolute atomic E-state index is 13.3. The number of furan rings is 1. The number of nitriles is 1. The SMILES string of the molecule is COC(=O)C(=O)c1cc(-c2cc(NCc3ccc(Cl)s3)n(C(=O)C(C)(C)C)n2)cn(CC(=O)c2ccco2)c1=O.COC(=O)Cn1cc(-c2cc(NCc3ccc(Cl)s3)n(C(=O)c3cscn3)n2)c(C#N)cc1=O. The molecule has 380 valence electrons. The van der Waals surface area contributed by atoms with E-state index in [0.717, 1.165) is 36.7 Å². The standard InChI is InChI=1S/C27H25ClN4O7S.C21H15ClN6O4S2/c1-27(2,3)26(37)32-22(29-12-16-7-8-21(28)40-16)11-18(30-32)15-10-17(23(34)25(36)38-4)24(35)31(13-15)14-19(33)20-6-5-9-39-20;1-32-20(30)9-27-8-14(12(6-23)4-19(27)29)15-5-18(24-7-13-2-3-17(22)34-13)28(26-15)21(31)16-10-33-11-25-16/h5-11,13,29H,12,14H2,1-4H3;2-5,8,10-11,24H,7,9H2,1H3. The highest BCUT2D eigenvalue weighted by Gasteiger charge is 2.29. The molecule has 0 bridgehead atoms. The number of carbonyl (C=O) groups is 6. The fraction of sp³-hybridized carbons (Fsp3) is 0.208. The number of methoxy groups -OCH3 is 2. The molecule has 8 rings (SSSR count). The Hall–Kier alpha value is -8.08. The van der Waals surface area contributed by atoms with Crippen molar-refractivity contribution in [3.63, 3.8) is 0 Å². The van der Waals surface area contributed by atoms with Crippen LogP contribution in [0.4, 0.5) is 11.6 Å². The van der Waals surface area contributed by atoms with Gasteiger partial charge in [0, 0.05) is 62.3 Å². The van der Waals surface area contributed by atoms with E-state index < -0.39 is 58.1 Å². The summed E-state index contributed by atoms with van der Waals surface area (Å²) >= 11 is 16.1. The van der Waals surface area contributed by atoms with E-state index in [1.54, 1.807) is 50.4 Å². The van der Waals surface area contributed by atoms with Gasteiger partial charge in [-0.2, -0.15) is 24.8 Å². The maximum atomic E-state index is 13.3. The highest BCUT2D eigenvalue weighted by Crippen LogP contribution is 2.30. The molecule has 0 aliphatic carbocycles. The zero-order chi connectivity index (χ0) is 53.4. The predicted molar refractivity (Wildman–Crippen MR) is 275 cm³/mol. The fourth-order valence-corrected chi connectivity index (χ4v) is 9.30. The number of thiophene rings is 2. The Morgan fingerprint density at radius 3 is 2.01 bits per heavy atom. The monoisotopic (exact) mass is 1100 g/mol. The van der Waals surface area contributed by atoms with E-state index in [-0.39, 0.29) is 52.0 Å². The minimum absolute atomic E-state index is 0.0124. The van der Waals surface area contributed by atoms with Crippen molar-refractivity contribution in [1.82, 2.24) is 33.7 Å². The van der Waals surface area contributed by atoms with E-state index in [2.05, 4.69) is 35.3 Å². The number of pyridine rings is 2. The number of anilines is 2. The Morgan fingerprint density at radius 1 is 0.811 bits per heavy atom. The molecular formula is C48H40Cl2N10O11S3. The number of hydrogen-bond donors (Lipinski definition) is 2. The lowest BCUT2D eigenvalue weighted by Crippen LogP contribution is -2.32. The van der Waals surface area contributed by atoms with Crippen molar-refractivity contribution < 1.29 is 42.7 Å². The summed E-state index contributed by atoms with van der Waals surface area (Å²) < 4.78 is 20.0. The molecule has 0 radical (unpaired) electrons. The number of nitrogens with zero attached hydrogens (tertiary/aromatic N) is 8. The van der Waals surface area contributed by atoms with Crippen LogP contribution in [0.2, 0.25) is 8.67 Å². The number of aromatic nitrogens is 7. The molecule has 0 aromatic carbocycles. The molecule has 0 saturated heterocycles. The second kappa shape index (κ2) is 23.2. The van der Waals surface area contributed by atoms with Crippen LogP contribution in [0.25, 0.3) is 22.5 Å². The smallest absolute Gasteiger partial charge is 0.379 e. The molecule has 0 fully saturated rings. The molecule has 0 aliphatic rings. The second-order valence-corrected chi connectivity index (χ2v) is 20.9. The van der Waals surface area contributed by atoms with Crippen LogP contribution in [-0.2, 0) is 45.2 Å². The molecule has 21 nitrogen and oxygen atoms in total. The molecule has 26 heteroatoms. The Balaban J connectivity index is 0.000000219. The molecule has 8 heterocycles. The molecule has 0 spiro atoms. The van der Waals surface area contributed by atoms with Crippen LogP contribution in [0.1, 0.15) is 72.3 Å². The lowest BCUT2D eigenvalue weighted by atomic mass is 9.96. The third-order valence-corrected chi connectivity index (χ3v) is 13.4. The summed E-state index contributed by atoms with van der Waals surface area (Å²) in [7, 11) is 2.23. The molecule has 8 aromatic rings. The number of halogens is 2. The highest BCUT2D eigenvalue weighted by molar-refractivity contribution is 7.16. The van der Waals surface area contributed by atoms with Crippen LogP contribution < -0.4 is 21.8 Å². The molecule has 2 N–H and O–H groups in total. The number of ketones is 2. The zero-order valence-electron chi connectivity index (χ0n) is 39.5. The fourth-order valence-electron chi connectivity index (χ4n) is 6.71. The summed E-state index contributed by atoms with van der Waals surface area (Å²) in [5.41, 5.74) is 0.00481. The van der Waals surface area contributed by atoms with Crippen molar-refractivity contribution in [3.05, 3.63) is 152 Å².